The zero-order valence-electron chi connectivity index (χ0n) is 20.9. The molecule has 0 bridgehead atoms. The summed E-state index contributed by atoms with van der Waals surface area (Å²) >= 11 is 6.01. The van der Waals surface area contributed by atoms with Crippen molar-refractivity contribution in [1.29, 1.82) is 0 Å². The third-order valence-corrected chi connectivity index (χ3v) is 8.32. The van der Waals surface area contributed by atoms with Gasteiger partial charge in [0.2, 0.25) is 5.91 Å². The van der Waals surface area contributed by atoms with Crippen LogP contribution in [0.1, 0.15) is 21.5 Å². The normalized spacial score (nSPS) is 33.1. The molecule has 3 aliphatic rings. The van der Waals surface area contributed by atoms with Gasteiger partial charge in [-0.15, -0.1) is 0 Å². The smallest absolute Gasteiger partial charge is 0.235 e. The average molecular weight is 553 g/mol. The van der Waals surface area contributed by atoms with Crippen molar-refractivity contribution in [2.24, 2.45) is 29.4 Å². The molecule has 0 radical (unpaired) electrons. The van der Waals surface area contributed by atoms with Gasteiger partial charge in [0.1, 0.15) is 5.75 Å². The number of fused-ring (bicyclic) bond motifs is 3. The molecule has 0 spiro atoms. The van der Waals surface area contributed by atoms with E-state index in [0.29, 0.717) is 10.6 Å². The summed E-state index contributed by atoms with van der Waals surface area (Å²) in [5.41, 5.74) is 3.17. The number of ketones is 4. The summed E-state index contributed by atoms with van der Waals surface area (Å²) in [7, 11) is 2.87. The third-order valence-electron chi connectivity index (χ3n) is 8.06. The molecule has 202 valence electrons. The number of likely N-dealkylation sites (N-methyl/N-ethyl adjacent to an activating group) is 1. The van der Waals surface area contributed by atoms with Crippen LogP contribution in [0.15, 0.2) is 42.5 Å². The minimum atomic E-state index is -3.06. The zero-order chi connectivity index (χ0) is 28.5. The summed E-state index contributed by atoms with van der Waals surface area (Å²) in [5.74, 6) is -13.3. The van der Waals surface area contributed by atoms with Crippen LogP contribution in [0, 0.1) is 23.7 Å². The second-order valence-corrected chi connectivity index (χ2v) is 10.8. The van der Waals surface area contributed by atoms with Crippen LogP contribution in [0.25, 0.3) is 11.6 Å². The predicted molar refractivity (Wildman–Crippen MR) is 138 cm³/mol. The van der Waals surface area contributed by atoms with E-state index in [1.807, 2.05) is 0 Å². The number of carbonyl (C=O) groups excluding carboxylic acids is 5. The van der Waals surface area contributed by atoms with Gasteiger partial charge in [0, 0.05) is 10.9 Å². The maximum absolute atomic E-state index is 14.1. The van der Waals surface area contributed by atoms with Crippen LogP contribution in [-0.2, 0) is 19.2 Å². The molecule has 0 aromatic heterocycles. The number of aromatic hydroxyl groups is 1. The number of aliphatic hydroxyl groups excluding tert-OH is 1. The second kappa shape index (κ2) is 9.20. The molecule has 2 saturated carbocycles. The molecule has 0 saturated heterocycles. The molecule has 7 atom stereocenters. The van der Waals surface area contributed by atoms with Gasteiger partial charge in [-0.2, -0.15) is 0 Å². The van der Waals surface area contributed by atoms with E-state index in [0.717, 1.165) is 0 Å². The largest absolute Gasteiger partial charge is 0.507 e. The lowest BCUT2D eigenvalue weighted by atomic mass is 9.50. The third kappa shape index (κ3) is 3.70. The van der Waals surface area contributed by atoms with E-state index in [1.54, 1.807) is 36.4 Å². The van der Waals surface area contributed by atoms with Crippen LogP contribution in [0.5, 0.6) is 5.75 Å². The zero-order valence-corrected chi connectivity index (χ0v) is 21.6. The molecule has 11 heteroatoms. The number of phenolic OH excluding ortho intramolecular Hbond substituents is 1. The van der Waals surface area contributed by atoms with E-state index < -0.39 is 76.2 Å². The van der Waals surface area contributed by atoms with Gasteiger partial charge in [0.05, 0.1) is 29.5 Å². The van der Waals surface area contributed by atoms with E-state index in [9.17, 15) is 39.3 Å². The number of nitrogens with two attached hydrogens (primary N) is 1. The highest BCUT2D eigenvalue weighted by molar-refractivity contribution is 6.33. The number of benzene rings is 2. The summed E-state index contributed by atoms with van der Waals surface area (Å²) in [6.45, 7) is 0. The minimum Gasteiger partial charge on any atom is -0.507 e. The van der Waals surface area contributed by atoms with E-state index in [-0.39, 0.29) is 16.7 Å². The maximum atomic E-state index is 14.1. The summed E-state index contributed by atoms with van der Waals surface area (Å²) < 4.78 is 0. The number of hydrogen-bond donors (Lipinski definition) is 4. The maximum Gasteiger partial charge on any atom is 0.235 e. The van der Waals surface area contributed by atoms with Gasteiger partial charge in [0.15, 0.2) is 34.7 Å². The van der Waals surface area contributed by atoms with Crippen LogP contribution < -0.4 is 5.73 Å². The van der Waals surface area contributed by atoms with E-state index in [1.165, 1.54) is 31.1 Å². The van der Waals surface area contributed by atoms with Crippen molar-refractivity contribution >= 4 is 52.3 Å². The molecule has 7 unspecified atom stereocenters. The molecule has 5 rings (SSSR count). The Morgan fingerprint density at radius 1 is 1.05 bits per heavy atom. The number of nitrogens with zero attached hydrogens (tertiary/aromatic N) is 1. The van der Waals surface area contributed by atoms with Crippen molar-refractivity contribution in [2.75, 3.05) is 14.1 Å². The number of aliphatic hydroxyl groups is 2. The highest BCUT2D eigenvalue weighted by atomic mass is 35.5. The van der Waals surface area contributed by atoms with E-state index in [2.05, 4.69) is 0 Å². The van der Waals surface area contributed by atoms with Crippen molar-refractivity contribution < 1.29 is 39.3 Å². The molecular weight excluding hydrogens is 528 g/mol. The number of Topliss-reactive ketones (excluding diaryl/α,β-unsaturated/α-hetero) is 4. The van der Waals surface area contributed by atoms with Crippen molar-refractivity contribution in [2.45, 2.75) is 17.7 Å². The van der Waals surface area contributed by atoms with Crippen LogP contribution in [0.3, 0.4) is 0 Å². The molecule has 1 amide bonds. The lowest BCUT2D eigenvalue weighted by molar-refractivity contribution is -0.192. The molecule has 2 aromatic rings. The summed E-state index contributed by atoms with van der Waals surface area (Å²) in [4.78, 5) is 68.0. The molecule has 0 heterocycles. The van der Waals surface area contributed by atoms with Gasteiger partial charge in [-0.25, -0.2) is 0 Å². The van der Waals surface area contributed by atoms with Gasteiger partial charge >= 0.3 is 0 Å². The topological polar surface area (TPSA) is 175 Å². The highest BCUT2D eigenvalue weighted by Gasteiger charge is 2.72. The first-order chi connectivity index (χ1) is 18.3. The standard InChI is InChI=1S/C28H25ClN2O8/c1-31(2)21-20-23(34)17-14(10-11-6-8-12(29)9-7-11)13-4-3-5-15(32)16(13)22(33)18(17)25(36)28(20,39)26(37)19(24(21)35)27(30)38/h3-10,17-21,23,32,34,39H,1-2H3,(H2,30,38). The Hall–Kier alpha value is -3.70. The summed E-state index contributed by atoms with van der Waals surface area (Å²) in [6.07, 6.45) is -0.159. The first-order valence-corrected chi connectivity index (χ1v) is 12.5. The molecular formula is C28H25ClN2O8. The van der Waals surface area contributed by atoms with Gasteiger partial charge in [0.25, 0.3) is 0 Å². The van der Waals surface area contributed by atoms with Gasteiger partial charge in [-0.1, -0.05) is 41.9 Å². The average Bonchev–Trinajstić information content (AvgIpc) is 2.86. The van der Waals surface area contributed by atoms with Gasteiger partial charge in [-0.05, 0) is 49.0 Å². The Kier molecular flexibility index (Phi) is 6.34. The number of rotatable bonds is 3. The van der Waals surface area contributed by atoms with Gasteiger partial charge in [-0.3, -0.25) is 28.9 Å². The fourth-order valence-corrected chi connectivity index (χ4v) is 6.53. The van der Waals surface area contributed by atoms with Gasteiger partial charge < -0.3 is 21.1 Å². The number of carbonyl (C=O) groups is 5. The fourth-order valence-electron chi connectivity index (χ4n) is 6.41. The number of amides is 1. The Morgan fingerprint density at radius 2 is 1.69 bits per heavy atom. The van der Waals surface area contributed by atoms with E-state index >= 15 is 0 Å². The van der Waals surface area contributed by atoms with Crippen molar-refractivity contribution in [3.05, 3.63) is 64.2 Å². The van der Waals surface area contributed by atoms with Crippen LogP contribution in [-0.4, -0.2) is 81.1 Å². The number of phenols is 1. The highest BCUT2D eigenvalue weighted by Crippen LogP contribution is 2.54. The second-order valence-electron chi connectivity index (χ2n) is 10.4. The predicted octanol–water partition coefficient (Wildman–Crippen LogP) is 0.489. The lowest BCUT2D eigenvalue weighted by Crippen LogP contribution is -2.77. The summed E-state index contributed by atoms with van der Waals surface area (Å²) in [6, 6.07) is 9.43. The molecule has 39 heavy (non-hydrogen) atoms. The Morgan fingerprint density at radius 3 is 2.28 bits per heavy atom. The number of primary amides is 1. The Labute approximate surface area is 227 Å². The molecule has 2 fully saturated rings. The number of hydrogen-bond acceptors (Lipinski definition) is 9. The quantitative estimate of drug-likeness (QED) is 0.395. The lowest BCUT2D eigenvalue weighted by Gasteiger charge is -2.55. The van der Waals surface area contributed by atoms with Crippen molar-refractivity contribution in [3.8, 4) is 5.75 Å². The first-order valence-electron chi connectivity index (χ1n) is 12.1. The monoisotopic (exact) mass is 552 g/mol. The van der Waals surface area contributed by atoms with Crippen LogP contribution in [0.4, 0.5) is 0 Å². The van der Waals surface area contributed by atoms with Crippen molar-refractivity contribution in [1.82, 2.24) is 4.90 Å². The number of halogens is 1. The minimum absolute atomic E-state index is 0.212. The fraction of sp³-hybridized carbons (Fsp3) is 0.321. The SMILES string of the molecule is CN(C)C1C(=O)C(C(N)=O)C(=O)C2(O)C(=O)C3C(=O)c4c(O)cccc4C(=Cc4ccc(Cl)cc4)C3C(O)C12. The molecule has 5 N–H and O–H groups in total. The first kappa shape index (κ1) is 26.9. The molecule has 2 aromatic carbocycles. The van der Waals surface area contributed by atoms with Crippen molar-refractivity contribution in [3.63, 3.8) is 0 Å². The Bertz CT molecular complexity index is 1480. The molecule has 0 aliphatic heterocycles. The molecule has 3 aliphatic carbocycles. The van der Waals surface area contributed by atoms with Crippen LogP contribution in [0.2, 0.25) is 5.02 Å². The Balaban J connectivity index is 1.79. The molecule has 10 nitrogen and oxygen atoms in total. The summed E-state index contributed by atoms with van der Waals surface area (Å²) in [5, 5.41) is 34.7. The van der Waals surface area contributed by atoms with Crippen LogP contribution >= 0.6 is 11.6 Å². The van der Waals surface area contributed by atoms with E-state index in [4.69, 9.17) is 17.3 Å².